The van der Waals surface area contributed by atoms with Crippen LogP contribution in [0.5, 0.6) is 0 Å². The topological polar surface area (TPSA) is 309 Å². The van der Waals surface area contributed by atoms with Crippen LogP contribution in [0.15, 0.2) is 0 Å². The first-order valence-electron chi connectivity index (χ1n) is 18.5. The number of aliphatic carboxylic acids is 3. The number of hydrogen-bond acceptors (Lipinski definition) is 10. The highest BCUT2D eigenvalue weighted by Crippen LogP contribution is 2.14. The summed E-state index contributed by atoms with van der Waals surface area (Å²) in [5.41, 5.74) is 5.19. The van der Waals surface area contributed by atoms with Crippen LogP contribution in [-0.4, -0.2) is 107 Å². The second-order valence-electron chi connectivity index (χ2n) is 13.2. The predicted molar refractivity (Wildman–Crippen MR) is 194 cm³/mol. The molecule has 0 aliphatic rings. The molecule has 306 valence electrons. The number of nitrogens with one attached hydrogen (secondary N) is 4. The number of carboxylic acid groups (broad SMARTS) is 3. The first kappa shape index (κ1) is 49.2. The Morgan fingerprint density at radius 1 is 0.509 bits per heavy atom. The maximum Gasteiger partial charge on any atom is 0.326 e. The van der Waals surface area contributed by atoms with Gasteiger partial charge < -0.3 is 42.3 Å². The molecule has 10 N–H and O–H groups in total. The van der Waals surface area contributed by atoms with Crippen molar-refractivity contribution in [3.63, 3.8) is 0 Å². The lowest BCUT2D eigenvalue weighted by Gasteiger charge is -2.21. The molecular weight excluding hydrogens is 718 g/mol. The summed E-state index contributed by atoms with van der Waals surface area (Å²) in [5.74, 6) is -7.90. The summed E-state index contributed by atoms with van der Waals surface area (Å²) in [6, 6.07) is -4.80. The van der Waals surface area contributed by atoms with Crippen LogP contribution >= 0.6 is 0 Å². The minimum Gasteiger partial charge on any atom is -0.481 e. The predicted octanol–water partition coefficient (Wildman–Crippen LogP) is 1.85. The van der Waals surface area contributed by atoms with Gasteiger partial charge in [-0.3, -0.25) is 28.5 Å². The zero-order chi connectivity index (χ0) is 40.1. The quantitative estimate of drug-likeness (QED) is 0.0333. The van der Waals surface area contributed by atoms with Crippen LogP contribution in [0.25, 0.3) is 0 Å². The van der Waals surface area contributed by atoms with Gasteiger partial charge in [0, 0.05) is 25.8 Å². The normalized spacial score (nSPS) is 12.9. The van der Waals surface area contributed by atoms with Gasteiger partial charge in [-0.15, -0.1) is 0 Å². The fourth-order valence-corrected chi connectivity index (χ4v) is 6.10. The van der Waals surface area contributed by atoms with E-state index in [1.807, 2.05) is 0 Å². The van der Waals surface area contributed by atoms with Gasteiger partial charge in [0.2, 0.25) is 23.6 Å². The van der Waals surface area contributed by atoms with E-state index in [9.17, 15) is 56.7 Å². The van der Waals surface area contributed by atoms with Gasteiger partial charge in [0.15, 0.2) is 0 Å². The van der Waals surface area contributed by atoms with Gasteiger partial charge in [0.25, 0.3) is 10.1 Å². The number of hydrogen-bond donors (Lipinski definition) is 9. The van der Waals surface area contributed by atoms with Crippen molar-refractivity contribution in [3.8, 4) is 0 Å². The molecule has 3 unspecified atom stereocenters. The van der Waals surface area contributed by atoms with Gasteiger partial charge in [-0.05, 0) is 38.5 Å². The summed E-state index contributed by atoms with van der Waals surface area (Å²) in [6.07, 6.45) is 13.7. The van der Waals surface area contributed by atoms with Crippen LogP contribution in [0, 0.1) is 0 Å². The summed E-state index contributed by atoms with van der Waals surface area (Å²) in [7, 11) is -4.77. The summed E-state index contributed by atoms with van der Waals surface area (Å²) < 4.78 is 32.5. The van der Waals surface area contributed by atoms with Gasteiger partial charge in [0.1, 0.15) is 23.9 Å². The molecule has 0 aliphatic carbocycles. The Labute approximate surface area is 311 Å². The van der Waals surface area contributed by atoms with Gasteiger partial charge in [-0.1, -0.05) is 77.0 Å². The lowest BCUT2D eigenvalue weighted by Crippen LogP contribution is -2.54. The molecule has 0 aliphatic heterocycles. The fraction of sp³-hybridized carbons (Fsp3) is 0.794. The summed E-state index contributed by atoms with van der Waals surface area (Å²) in [6.45, 7) is 0.0768. The van der Waals surface area contributed by atoms with Crippen molar-refractivity contribution in [1.29, 1.82) is 0 Å². The van der Waals surface area contributed by atoms with Crippen LogP contribution in [0.1, 0.15) is 135 Å². The largest absolute Gasteiger partial charge is 0.481 e. The number of carbonyl (C=O) groups excluding carboxylic acids is 4. The fourth-order valence-electron chi connectivity index (χ4n) is 5.45. The summed E-state index contributed by atoms with van der Waals surface area (Å²) in [5, 5.41) is 36.8. The average Bonchev–Trinajstić information content (AvgIpc) is 3.07. The van der Waals surface area contributed by atoms with Crippen LogP contribution in [0.2, 0.25) is 0 Å². The van der Waals surface area contributed by atoms with Crippen molar-refractivity contribution < 1.29 is 61.9 Å². The van der Waals surface area contributed by atoms with Gasteiger partial charge >= 0.3 is 17.9 Å². The molecule has 0 aromatic heterocycles. The number of carbonyl (C=O) groups is 7. The zero-order valence-corrected chi connectivity index (χ0v) is 31.5. The standard InChI is InChI=1S/C34H61N5O13S/c35-23-30(42)36-22-16-15-17-25(33(46)47)37-29(41)21-20-26(34(48)49)39-32(45)27(24-53(50,51)52)38-28(40)18-13-11-9-7-5-3-1-2-4-6-8-10-12-14-19-31(43)44/h25-27H,1-24,35H2,(H,36,42)(H,37,41)(H,38,40)(H,39,45)(H,43,44)(H,46,47)(H,48,49)(H,50,51,52). The highest BCUT2D eigenvalue weighted by molar-refractivity contribution is 7.85. The molecule has 53 heavy (non-hydrogen) atoms. The Hall–Kier alpha value is -3.84. The molecule has 4 amide bonds. The van der Waals surface area contributed by atoms with Crippen molar-refractivity contribution in [1.82, 2.24) is 21.3 Å². The maximum atomic E-state index is 12.9. The van der Waals surface area contributed by atoms with Crippen LogP contribution in [-0.2, 0) is 43.7 Å². The lowest BCUT2D eigenvalue weighted by molar-refractivity contribution is -0.143. The van der Waals surface area contributed by atoms with Crippen molar-refractivity contribution in [2.75, 3.05) is 18.8 Å². The Balaban J connectivity index is 4.58. The number of unbranched alkanes of at least 4 members (excludes halogenated alkanes) is 14. The molecule has 3 atom stereocenters. The van der Waals surface area contributed by atoms with Gasteiger partial charge in [-0.2, -0.15) is 8.42 Å². The van der Waals surface area contributed by atoms with E-state index in [1.54, 1.807) is 0 Å². The van der Waals surface area contributed by atoms with E-state index < -0.39 is 82.5 Å². The minimum absolute atomic E-state index is 0.0261. The molecule has 0 bridgehead atoms. The first-order valence-corrected chi connectivity index (χ1v) is 20.1. The van der Waals surface area contributed by atoms with E-state index >= 15 is 0 Å². The molecule has 0 spiro atoms. The van der Waals surface area contributed by atoms with E-state index in [-0.39, 0.29) is 38.3 Å². The molecule has 0 saturated carbocycles. The van der Waals surface area contributed by atoms with E-state index in [1.165, 1.54) is 0 Å². The Morgan fingerprint density at radius 3 is 1.40 bits per heavy atom. The molecule has 0 radical (unpaired) electrons. The van der Waals surface area contributed by atoms with E-state index in [4.69, 9.17) is 10.8 Å². The van der Waals surface area contributed by atoms with Crippen LogP contribution in [0.3, 0.4) is 0 Å². The summed E-state index contributed by atoms with van der Waals surface area (Å²) in [4.78, 5) is 82.8. The van der Waals surface area contributed by atoms with Crippen LogP contribution in [0.4, 0.5) is 0 Å². The van der Waals surface area contributed by atoms with E-state index in [0.717, 1.165) is 83.5 Å². The molecule has 19 heteroatoms. The van der Waals surface area contributed by atoms with Crippen molar-refractivity contribution in [2.45, 2.75) is 153 Å². The number of carboxylic acids is 3. The molecule has 0 saturated heterocycles. The SMILES string of the molecule is NCC(=O)NCCCCC(NC(=O)CCC(NC(=O)C(CS(=O)(=O)O)NC(=O)CCCCCCCCCCCCCCCCC(=O)O)C(=O)O)C(=O)O. The first-order chi connectivity index (χ1) is 25.0. The smallest absolute Gasteiger partial charge is 0.326 e. The van der Waals surface area contributed by atoms with E-state index in [0.29, 0.717) is 19.3 Å². The Bertz CT molecular complexity index is 1250. The Morgan fingerprint density at radius 2 is 0.943 bits per heavy atom. The minimum atomic E-state index is -4.77. The highest BCUT2D eigenvalue weighted by atomic mass is 32.2. The third-order valence-corrected chi connectivity index (χ3v) is 9.16. The molecule has 0 rings (SSSR count). The molecule has 0 fully saturated rings. The monoisotopic (exact) mass is 779 g/mol. The second-order valence-corrected chi connectivity index (χ2v) is 14.7. The molecular formula is C34H61N5O13S. The van der Waals surface area contributed by atoms with Gasteiger partial charge in [0.05, 0.1) is 6.54 Å². The molecule has 0 aromatic carbocycles. The lowest BCUT2D eigenvalue weighted by atomic mass is 10.0. The molecule has 0 heterocycles. The number of rotatable bonds is 34. The van der Waals surface area contributed by atoms with Gasteiger partial charge in [-0.25, -0.2) is 9.59 Å². The third kappa shape index (κ3) is 29.3. The Kier molecular flexibility index (Phi) is 27.5. The third-order valence-electron chi connectivity index (χ3n) is 8.41. The molecule has 18 nitrogen and oxygen atoms in total. The summed E-state index contributed by atoms with van der Waals surface area (Å²) >= 11 is 0. The van der Waals surface area contributed by atoms with Crippen molar-refractivity contribution in [3.05, 3.63) is 0 Å². The maximum absolute atomic E-state index is 12.9. The van der Waals surface area contributed by atoms with Crippen molar-refractivity contribution in [2.24, 2.45) is 5.73 Å². The van der Waals surface area contributed by atoms with E-state index in [2.05, 4.69) is 21.3 Å². The molecule has 0 aromatic rings. The number of nitrogens with two attached hydrogens (primary N) is 1. The average molecular weight is 780 g/mol. The van der Waals surface area contributed by atoms with Crippen molar-refractivity contribution >= 4 is 51.7 Å². The highest BCUT2D eigenvalue weighted by Gasteiger charge is 2.30. The van der Waals surface area contributed by atoms with Crippen LogP contribution < -0.4 is 27.0 Å². The second kappa shape index (κ2) is 29.6. The number of amides is 4. The zero-order valence-electron chi connectivity index (χ0n) is 30.7.